The summed E-state index contributed by atoms with van der Waals surface area (Å²) in [5, 5.41) is 2.98. The third-order valence-electron chi connectivity index (χ3n) is 3.67. The van der Waals surface area contributed by atoms with Crippen molar-refractivity contribution in [2.75, 3.05) is 12.3 Å². The summed E-state index contributed by atoms with van der Waals surface area (Å²) >= 11 is 0. The molecule has 1 aromatic rings. The predicted molar refractivity (Wildman–Crippen MR) is 69.5 cm³/mol. The van der Waals surface area contributed by atoms with Gasteiger partial charge in [0.1, 0.15) is 0 Å². The molecule has 3 N–H and O–H groups in total. The van der Waals surface area contributed by atoms with E-state index < -0.39 is 0 Å². The van der Waals surface area contributed by atoms with Crippen LogP contribution in [0.3, 0.4) is 0 Å². The van der Waals surface area contributed by atoms with Gasteiger partial charge in [-0.2, -0.15) is 0 Å². The van der Waals surface area contributed by atoms with Gasteiger partial charge in [-0.05, 0) is 29.4 Å². The molecule has 1 aliphatic rings. The van der Waals surface area contributed by atoms with Crippen molar-refractivity contribution in [1.29, 1.82) is 0 Å². The Morgan fingerprint density at radius 3 is 2.71 bits per heavy atom. The van der Waals surface area contributed by atoms with Gasteiger partial charge in [0.05, 0.1) is 6.42 Å². The molecule has 1 fully saturated rings. The molecule has 1 unspecified atom stereocenters. The number of carbonyl (C=O) groups is 1. The van der Waals surface area contributed by atoms with Crippen LogP contribution in [0.1, 0.15) is 25.8 Å². The molecule has 0 aromatic heterocycles. The van der Waals surface area contributed by atoms with Gasteiger partial charge >= 0.3 is 0 Å². The molecule has 0 heterocycles. The van der Waals surface area contributed by atoms with Crippen LogP contribution in [0, 0.1) is 11.3 Å². The minimum Gasteiger partial charge on any atom is -0.398 e. The van der Waals surface area contributed by atoms with E-state index in [-0.39, 0.29) is 5.91 Å². The first kappa shape index (κ1) is 12.0. The van der Waals surface area contributed by atoms with Crippen LogP contribution >= 0.6 is 0 Å². The van der Waals surface area contributed by atoms with Crippen molar-refractivity contribution in [2.24, 2.45) is 11.3 Å². The van der Waals surface area contributed by atoms with Crippen molar-refractivity contribution >= 4 is 11.6 Å². The third kappa shape index (κ3) is 2.99. The molecule has 1 atom stereocenters. The molecular formula is C14H20N2O. The fourth-order valence-electron chi connectivity index (χ4n) is 2.09. The van der Waals surface area contributed by atoms with E-state index in [1.807, 2.05) is 24.3 Å². The zero-order valence-corrected chi connectivity index (χ0v) is 10.5. The summed E-state index contributed by atoms with van der Waals surface area (Å²) < 4.78 is 0. The van der Waals surface area contributed by atoms with Crippen LogP contribution in [0.2, 0.25) is 0 Å². The standard InChI is InChI=1S/C14H20N2O/c1-14(2)8-11(14)9-16-13(17)7-10-5-3-4-6-12(10)15/h3-6,11H,7-9,15H2,1-2H3,(H,16,17). The minimum atomic E-state index is 0.0607. The summed E-state index contributed by atoms with van der Waals surface area (Å²) in [6.07, 6.45) is 1.58. The average molecular weight is 232 g/mol. The van der Waals surface area contributed by atoms with Crippen LogP contribution in [-0.4, -0.2) is 12.5 Å². The lowest BCUT2D eigenvalue weighted by molar-refractivity contribution is -0.120. The van der Waals surface area contributed by atoms with E-state index in [1.165, 1.54) is 6.42 Å². The van der Waals surface area contributed by atoms with Crippen molar-refractivity contribution in [3.8, 4) is 0 Å². The van der Waals surface area contributed by atoms with Gasteiger partial charge < -0.3 is 11.1 Å². The van der Waals surface area contributed by atoms with Gasteiger partial charge in [0.15, 0.2) is 0 Å². The summed E-state index contributed by atoms with van der Waals surface area (Å²) in [7, 11) is 0. The summed E-state index contributed by atoms with van der Waals surface area (Å²) in [6.45, 7) is 5.26. The molecule has 1 aliphatic carbocycles. The Kier molecular flexibility index (Phi) is 3.09. The minimum absolute atomic E-state index is 0.0607. The van der Waals surface area contributed by atoms with Crippen molar-refractivity contribution in [3.63, 3.8) is 0 Å². The van der Waals surface area contributed by atoms with Crippen LogP contribution in [0.25, 0.3) is 0 Å². The molecule has 0 aliphatic heterocycles. The number of benzene rings is 1. The number of rotatable bonds is 4. The van der Waals surface area contributed by atoms with E-state index in [9.17, 15) is 4.79 Å². The molecule has 0 bridgehead atoms. The van der Waals surface area contributed by atoms with Crippen LogP contribution in [0.4, 0.5) is 5.69 Å². The molecule has 0 saturated heterocycles. The molecule has 0 radical (unpaired) electrons. The maximum absolute atomic E-state index is 11.7. The van der Waals surface area contributed by atoms with E-state index >= 15 is 0 Å². The second-order valence-electron chi connectivity index (χ2n) is 5.57. The lowest BCUT2D eigenvalue weighted by Gasteiger charge is -2.08. The molecule has 1 aromatic carbocycles. The number of para-hydroxylation sites is 1. The smallest absolute Gasteiger partial charge is 0.224 e. The van der Waals surface area contributed by atoms with E-state index in [2.05, 4.69) is 19.2 Å². The zero-order chi connectivity index (χ0) is 12.5. The van der Waals surface area contributed by atoms with E-state index in [0.717, 1.165) is 12.1 Å². The Morgan fingerprint density at radius 1 is 1.47 bits per heavy atom. The van der Waals surface area contributed by atoms with Gasteiger partial charge in [-0.3, -0.25) is 4.79 Å². The van der Waals surface area contributed by atoms with Crippen LogP contribution < -0.4 is 11.1 Å². The Bertz CT molecular complexity index is 426. The summed E-state index contributed by atoms with van der Waals surface area (Å²) in [5.41, 5.74) is 7.81. The van der Waals surface area contributed by atoms with Crippen molar-refractivity contribution in [1.82, 2.24) is 5.32 Å². The molecule has 3 nitrogen and oxygen atoms in total. The second-order valence-corrected chi connectivity index (χ2v) is 5.57. The number of nitrogens with two attached hydrogens (primary N) is 1. The lowest BCUT2D eigenvalue weighted by atomic mass is 10.1. The van der Waals surface area contributed by atoms with E-state index in [0.29, 0.717) is 23.4 Å². The number of anilines is 1. The second kappa shape index (κ2) is 4.40. The summed E-state index contributed by atoms with van der Waals surface area (Å²) in [4.78, 5) is 11.7. The highest BCUT2D eigenvalue weighted by Gasteiger charge is 2.45. The molecule has 3 heteroatoms. The van der Waals surface area contributed by atoms with Gasteiger partial charge in [-0.15, -0.1) is 0 Å². The molecule has 0 spiro atoms. The van der Waals surface area contributed by atoms with Crippen molar-refractivity contribution in [2.45, 2.75) is 26.7 Å². The van der Waals surface area contributed by atoms with Gasteiger partial charge in [0.2, 0.25) is 5.91 Å². The monoisotopic (exact) mass is 232 g/mol. The van der Waals surface area contributed by atoms with Crippen LogP contribution in [-0.2, 0) is 11.2 Å². The molecule has 92 valence electrons. The Morgan fingerprint density at radius 2 is 2.12 bits per heavy atom. The number of nitrogen functional groups attached to an aromatic ring is 1. The first-order valence-electron chi connectivity index (χ1n) is 6.09. The lowest BCUT2D eigenvalue weighted by Crippen LogP contribution is -2.28. The molecule has 1 amide bonds. The van der Waals surface area contributed by atoms with E-state index in [1.54, 1.807) is 0 Å². The number of amides is 1. The quantitative estimate of drug-likeness (QED) is 0.780. The van der Waals surface area contributed by atoms with Crippen LogP contribution in [0.15, 0.2) is 24.3 Å². The summed E-state index contributed by atoms with van der Waals surface area (Å²) in [5.74, 6) is 0.699. The fourth-order valence-corrected chi connectivity index (χ4v) is 2.09. The predicted octanol–water partition coefficient (Wildman–Crippen LogP) is 1.97. The normalized spacial score (nSPS) is 20.9. The molecule has 17 heavy (non-hydrogen) atoms. The highest BCUT2D eigenvalue weighted by Crippen LogP contribution is 2.50. The van der Waals surface area contributed by atoms with Gasteiger partial charge in [0.25, 0.3) is 0 Å². The number of hydrogen-bond donors (Lipinski definition) is 2. The Balaban J connectivity index is 1.80. The van der Waals surface area contributed by atoms with Gasteiger partial charge in [0, 0.05) is 12.2 Å². The summed E-state index contributed by atoms with van der Waals surface area (Å²) in [6, 6.07) is 7.51. The topological polar surface area (TPSA) is 55.1 Å². The Labute approximate surface area is 102 Å². The molecule has 1 saturated carbocycles. The third-order valence-corrected chi connectivity index (χ3v) is 3.67. The van der Waals surface area contributed by atoms with E-state index in [4.69, 9.17) is 5.73 Å². The maximum Gasteiger partial charge on any atom is 0.224 e. The zero-order valence-electron chi connectivity index (χ0n) is 10.5. The fraction of sp³-hybridized carbons (Fsp3) is 0.500. The first-order chi connectivity index (χ1) is 7.99. The maximum atomic E-state index is 11.7. The van der Waals surface area contributed by atoms with Crippen molar-refractivity contribution in [3.05, 3.63) is 29.8 Å². The van der Waals surface area contributed by atoms with Gasteiger partial charge in [-0.25, -0.2) is 0 Å². The molecular weight excluding hydrogens is 212 g/mol. The highest BCUT2D eigenvalue weighted by atomic mass is 16.1. The number of hydrogen-bond acceptors (Lipinski definition) is 2. The van der Waals surface area contributed by atoms with Crippen LogP contribution in [0.5, 0.6) is 0 Å². The Hall–Kier alpha value is -1.51. The number of nitrogens with one attached hydrogen (secondary N) is 1. The highest BCUT2D eigenvalue weighted by molar-refractivity contribution is 5.80. The first-order valence-corrected chi connectivity index (χ1v) is 6.09. The average Bonchev–Trinajstić information content (AvgIpc) is 2.87. The molecule has 2 rings (SSSR count). The SMILES string of the molecule is CC1(C)CC1CNC(=O)Cc1ccccc1N. The van der Waals surface area contributed by atoms with Gasteiger partial charge in [-0.1, -0.05) is 32.0 Å². The largest absolute Gasteiger partial charge is 0.398 e. The number of carbonyl (C=O) groups excluding carboxylic acids is 1. The van der Waals surface area contributed by atoms with Crippen molar-refractivity contribution < 1.29 is 4.79 Å².